The van der Waals surface area contributed by atoms with Crippen molar-refractivity contribution in [3.8, 4) is 0 Å². The summed E-state index contributed by atoms with van der Waals surface area (Å²) in [5.74, 6) is 0. The van der Waals surface area contributed by atoms with E-state index < -0.39 is 0 Å². The number of nitrogens with zero attached hydrogens (tertiary/aromatic N) is 2. The molecule has 0 aliphatic heterocycles. The van der Waals surface area contributed by atoms with Crippen molar-refractivity contribution >= 4 is 27.7 Å². The topological polar surface area (TPSA) is 43.8 Å². The number of halogens is 1. The fourth-order valence-electron chi connectivity index (χ4n) is 1.98. The molecule has 0 aliphatic carbocycles. The van der Waals surface area contributed by atoms with E-state index in [9.17, 15) is 0 Å². The Labute approximate surface area is 126 Å². The smallest absolute Gasteiger partial charge is 0.102 e. The summed E-state index contributed by atoms with van der Waals surface area (Å²) in [7, 11) is 1.98. The molecule has 2 N–H and O–H groups in total. The molecule has 0 aliphatic rings. The van der Waals surface area contributed by atoms with Gasteiger partial charge in [0, 0.05) is 28.0 Å². The zero-order valence-corrected chi connectivity index (χ0v) is 13.8. The number of aromatic nitrogens is 2. The Bertz CT molecular complexity index is 561. The molecule has 1 aromatic carbocycles. The van der Waals surface area contributed by atoms with Gasteiger partial charge in [-0.05, 0) is 44.5 Å². The lowest BCUT2D eigenvalue weighted by molar-refractivity contribution is 0.677. The molecule has 0 spiro atoms. The number of rotatable bonds is 4. The van der Waals surface area contributed by atoms with Crippen LogP contribution >= 0.6 is 27.7 Å². The lowest BCUT2D eigenvalue weighted by Crippen LogP contribution is -2.18. The van der Waals surface area contributed by atoms with E-state index in [1.807, 2.05) is 25.6 Å². The number of benzene rings is 1. The average molecular weight is 340 g/mol. The zero-order valence-electron chi connectivity index (χ0n) is 11.4. The Morgan fingerprint density at radius 3 is 2.58 bits per heavy atom. The lowest BCUT2D eigenvalue weighted by Gasteiger charge is -2.08. The molecule has 0 bridgehead atoms. The quantitative estimate of drug-likeness (QED) is 0.926. The van der Waals surface area contributed by atoms with Crippen molar-refractivity contribution in [2.45, 2.75) is 36.2 Å². The summed E-state index contributed by atoms with van der Waals surface area (Å²) in [6, 6.07) is 8.46. The van der Waals surface area contributed by atoms with Crippen LogP contribution in [-0.2, 0) is 13.5 Å². The Hall–Kier alpha value is -0.780. The Kier molecular flexibility index (Phi) is 4.71. The van der Waals surface area contributed by atoms with Crippen molar-refractivity contribution in [3.05, 3.63) is 40.0 Å². The molecule has 0 saturated carbocycles. The van der Waals surface area contributed by atoms with Gasteiger partial charge in [-0.3, -0.25) is 4.68 Å². The predicted molar refractivity (Wildman–Crippen MR) is 83.6 cm³/mol. The first kappa shape index (κ1) is 14.6. The standard InChI is InChI=1S/C14H18BrN3S/c1-9(16)8-13-10(2)17-18(3)14(13)19-12-6-4-11(15)5-7-12/h4-7,9H,8,16H2,1-3H3. The predicted octanol–water partition coefficient (Wildman–Crippen LogP) is 3.53. The third kappa shape index (κ3) is 3.61. The molecule has 0 fully saturated rings. The number of nitrogens with two attached hydrogens (primary N) is 1. The van der Waals surface area contributed by atoms with Crippen molar-refractivity contribution in [2.24, 2.45) is 12.8 Å². The highest BCUT2D eigenvalue weighted by molar-refractivity contribution is 9.10. The normalized spacial score (nSPS) is 12.7. The van der Waals surface area contributed by atoms with Gasteiger partial charge in [0.1, 0.15) is 5.03 Å². The fraction of sp³-hybridized carbons (Fsp3) is 0.357. The second-order valence-corrected chi connectivity index (χ2v) is 6.71. The van der Waals surface area contributed by atoms with Crippen molar-refractivity contribution in [3.63, 3.8) is 0 Å². The van der Waals surface area contributed by atoms with E-state index in [4.69, 9.17) is 5.73 Å². The fourth-order valence-corrected chi connectivity index (χ4v) is 3.27. The molecule has 3 nitrogen and oxygen atoms in total. The summed E-state index contributed by atoms with van der Waals surface area (Å²) in [4.78, 5) is 1.21. The first-order valence-electron chi connectivity index (χ1n) is 6.19. The molecule has 2 aromatic rings. The highest BCUT2D eigenvalue weighted by atomic mass is 79.9. The van der Waals surface area contributed by atoms with E-state index in [-0.39, 0.29) is 6.04 Å². The minimum atomic E-state index is 0.146. The zero-order chi connectivity index (χ0) is 14.0. The Morgan fingerprint density at radius 1 is 1.37 bits per heavy atom. The summed E-state index contributed by atoms with van der Waals surface area (Å²) in [6.45, 7) is 4.07. The van der Waals surface area contributed by atoms with E-state index in [0.717, 1.165) is 16.6 Å². The van der Waals surface area contributed by atoms with Gasteiger partial charge in [0.25, 0.3) is 0 Å². The van der Waals surface area contributed by atoms with Crippen LogP contribution in [0, 0.1) is 6.92 Å². The van der Waals surface area contributed by atoms with Gasteiger partial charge in [0.05, 0.1) is 5.69 Å². The van der Waals surface area contributed by atoms with Crippen LogP contribution in [0.3, 0.4) is 0 Å². The molecule has 2 rings (SSSR count). The molecule has 1 aromatic heterocycles. The van der Waals surface area contributed by atoms with E-state index >= 15 is 0 Å². The second-order valence-electron chi connectivity index (χ2n) is 4.73. The average Bonchev–Trinajstić information content (AvgIpc) is 2.58. The molecule has 1 unspecified atom stereocenters. The largest absolute Gasteiger partial charge is 0.328 e. The summed E-state index contributed by atoms with van der Waals surface area (Å²) in [5, 5.41) is 5.69. The van der Waals surface area contributed by atoms with Gasteiger partial charge < -0.3 is 5.73 Å². The summed E-state index contributed by atoms with van der Waals surface area (Å²) in [6.07, 6.45) is 0.860. The van der Waals surface area contributed by atoms with Crippen LogP contribution in [0.2, 0.25) is 0 Å². The molecular formula is C14H18BrN3S. The second kappa shape index (κ2) is 6.11. The molecule has 0 radical (unpaired) electrons. The lowest BCUT2D eigenvalue weighted by atomic mass is 10.1. The minimum Gasteiger partial charge on any atom is -0.328 e. The van der Waals surface area contributed by atoms with Crippen LogP contribution in [0.1, 0.15) is 18.2 Å². The Balaban J connectivity index is 2.31. The molecule has 1 heterocycles. The number of hydrogen-bond donors (Lipinski definition) is 1. The van der Waals surface area contributed by atoms with Crippen LogP contribution in [-0.4, -0.2) is 15.8 Å². The van der Waals surface area contributed by atoms with Gasteiger partial charge in [0.15, 0.2) is 0 Å². The summed E-state index contributed by atoms with van der Waals surface area (Å²) >= 11 is 5.19. The van der Waals surface area contributed by atoms with Gasteiger partial charge in [-0.2, -0.15) is 5.10 Å². The van der Waals surface area contributed by atoms with Crippen LogP contribution in [0.15, 0.2) is 38.7 Å². The highest BCUT2D eigenvalue weighted by Gasteiger charge is 2.15. The highest BCUT2D eigenvalue weighted by Crippen LogP contribution is 2.32. The first-order chi connectivity index (χ1) is 8.97. The molecule has 5 heteroatoms. The van der Waals surface area contributed by atoms with Crippen molar-refractivity contribution < 1.29 is 0 Å². The summed E-state index contributed by atoms with van der Waals surface area (Å²) < 4.78 is 3.04. The van der Waals surface area contributed by atoms with Crippen molar-refractivity contribution in [1.82, 2.24) is 9.78 Å². The molecule has 102 valence electrons. The van der Waals surface area contributed by atoms with Gasteiger partial charge in [0.2, 0.25) is 0 Å². The van der Waals surface area contributed by atoms with E-state index in [0.29, 0.717) is 0 Å². The molecule has 0 amide bonds. The van der Waals surface area contributed by atoms with E-state index in [1.165, 1.54) is 15.5 Å². The van der Waals surface area contributed by atoms with Crippen molar-refractivity contribution in [1.29, 1.82) is 0 Å². The van der Waals surface area contributed by atoms with E-state index in [2.05, 4.69) is 45.3 Å². The third-order valence-corrected chi connectivity index (χ3v) is 4.58. The SMILES string of the molecule is Cc1nn(C)c(Sc2ccc(Br)cc2)c1CC(C)N. The van der Waals surface area contributed by atoms with E-state index in [1.54, 1.807) is 11.8 Å². The molecular weight excluding hydrogens is 322 g/mol. The third-order valence-electron chi connectivity index (χ3n) is 2.84. The number of aryl methyl sites for hydroxylation is 2. The molecule has 19 heavy (non-hydrogen) atoms. The van der Waals surface area contributed by atoms with Crippen LogP contribution < -0.4 is 5.73 Å². The monoisotopic (exact) mass is 339 g/mol. The molecule has 0 saturated heterocycles. The van der Waals surface area contributed by atoms with Gasteiger partial charge in [-0.1, -0.05) is 27.7 Å². The van der Waals surface area contributed by atoms with Gasteiger partial charge in [-0.25, -0.2) is 0 Å². The number of hydrogen-bond acceptors (Lipinski definition) is 3. The van der Waals surface area contributed by atoms with Crippen molar-refractivity contribution in [2.75, 3.05) is 0 Å². The maximum Gasteiger partial charge on any atom is 0.102 e. The maximum absolute atomic E-state index is 5.93. The molecule has 1 atom stereocenters. The van der Waals surface area contributed by atoms with Gasteiger partial charge in [-0.15, -0.1) is 0 Å². The summed E-state index contributed by atoms with van der Waals surface area (Å²) in [5.41, 5.74) is 8.26. The van der Waals surface area contributed by atoms with Crippen LogP contribution in [0.5, 0.6) is 0 Å². The van der Waals surface area contributed by atoms with Crippen LogP contribution in [0.4, 0.5) is 0 Å². The maximum atomic E-state index is 5.93. The minimum absolute atomic E-state index is 0.146. The Morgan fingerprint density at radius 2 is 2.00 bits per heavy atom. The first-order valence-corrected chi connectivity index (χ1v) is 7.80. The van der Waals surface area contributed by atoms with Gasteiger partial charge >= 0.3 is 0 Å². The van der Waals surface area contributed by atoms with Crippen LogP contribution in [0.25, 0.3) is 0 Å².